The second-order valence-corrected chi connectivity index (χ2v) is 9.15. The smallest absolute Gasteiger partial charge is 0.143 e. The average molecular weight is 407 g/mol. The van der Waals surface area contributed by atoms with E-state index in [9.17, 15) is 5.26 Å². The summed E-state index contributed by atoms with van der Waals surface area (Å²) in [6.07, 6.45) is 6.32. The fourth-order valence-electron chi connectivity index (χ4n) is 4.90. The van der Waals surface area contributed by atoms with Crippen LogP contribution in [-0.4, -0.2) is 35.7 Å². The third kappa shape index (κ3) is 3.56. The highest BCUT2D eigenvalue weighted by molar-refractivity contribution is 5.83. The zero-order valence-electron chi connectivity index (χ0n) is 18.0. The predicted octanol–water partition coefficient (Wildman–Crippen LogP) is 3.17. The normalized spacial score (nSPS) is 21.8. The van der Waals surface area contributed by atoms with Crippen molar-refractivity contribution in [1.29, 1.82) is 5.26 Å². The summed E-state index contributed by atoms with van der Waals surface area (Å²) in [6.45, 7) is 4.61. The number of nitrogen functional groups attached to an aromatic ring is 1. The van der Waals surface area contributed by atoms with Gasteiger partial charge < -0.3 is 21.1 Å². The Kier molecular flexibility index (Phi) is 5.29. The summed E-state index contributed by atoms with van der Waals surface area (Å²) < 4.78 is 6.48. The molecule has 4 N–H and O–H groups in total. The lowest BCUT2D eigenvalue weighted by molar-refractivity contribution is 0.147. The number of nitrogens with zero attached hydrogens (tertiary/aromatic N) is 4. The minimum atomic E-state index is -0.230. The van der Waals surface area contributed by atoms with Crippen molar-refractivity contribution < 1.29 is 4.74 Å². The summed E-state index contributed by atoms with van der Waals surface area (Å²) in [5, 5.41) is 9.36. The molecule has 0 amide bonds. The molecule has 0 bridgehead atoms. The van der Waals surface area contributed by atoms with Crippen LogP contribution < -0.4 is 21.1 Å². The topological polar surface area (TPSA) is 114 Å². The van der Waals surface area contributed by atoms with E-state index in [4.69, 9.17) is 16.2 Å². The van der Waals surface area contributed by atoms with E-state index in [2.05, 4.69) is 36.0 Å². The average Bonchev–Trinajstić information content (AvgIpc) is 2.69. The van der Waals surface area contributed by atoms with Gasteiger partial charge in [-0.2, -0.15) is 5.26 Å². The molecule has 30 heavy (non-hydrogen) atoms. The molecule has 0 spiro atoms. The zero-order valence-corrected chi connectivity index (χ0v) is 18.0. The second-order valence-electron chi connectivity index (χ2n) is 9.15. The van der Waals surface area contributed by atoms with Crippen molar-refractivity contribution in [3.63, 3.8) is 0 Å². The van der Waals surface area contributed by atoms with Crippen LogP contribution in [0.15, 0.2) is 18.5 Å². The molecule has 1 aromatic carbocycles. The van der Waals surface area contributed by atoms with E-state index in [1.54, 1.807) is 0 Å². The second kappa shape index (κ2) is 7.77. The zero-order chi connectivity index (χ0) is 21.5. The van der Waals surface area contributed by atoms with Crippen molar-refractivity contribution in [3.8, 4) is 23.1 Å². The molecule has 2 aromatic rings. The van der Waals surface area contributed by atoms with E-state index in [0.717, 1.165) is 65.9 Å². The highest BCUT2D eigenvalue weighted by Gasteiger charge is 2.37. The fourth-order valence-corrected chi connectivity index (χ4v) is 4.90. The number of benzene rings is 1. The molecule has 1 heterocycles. The highest BCUT2D eigenvalue weighted by atomic mass is 16.5. The molecular weight excluding hydrogens is 376 g/mol. The molecule has 0 radical (unpaired) electrons. The van der Waals surface area contributed by atoms with Crippen molar-refractivity contribution in [1.82, 2.24) is 9.97 Å². The summed E-state index contributed by atoms with van der Waals surface area (Å²) in [5.74, 6) is 1.36. The molecule has 0 unspecified atom stereocenters. The summed E-state index contributed by atoms with van der Waals surface area (Å²) in [7, 11) is 1.94. The van der Waals surface area contributed by atoms with Gasteiger partial charge in [0.05, 0.1) is 23.6 Å². The van der Waals surface area contributed by atoms with Crippen LogP contribution in [0.5, 0.6) is 5.75 Å². The fraction of sp³-hybridized carbons (Fsp3) is 0.522. The van der Waals surface area contributed by atoms with Gasteiger partial charge in [-0.15, -0.1) is 0 Å². The minimum absolute atomic E-state index is 0.152. The van der Waals surface area contributed by atoms with Crippen molar-refractivity contribution in [3.05, 3.63) is 29.6 Å². The number of hydrogen-bond donors (Lipinski definition) is 2. The van der Waals surface area contributed by atoms with Gasteiger partial charge in [0.25, 0.3) is 0 Å². The van der Waals surface area contributed by atoms with E-state index in [1.807, 2.05) is 18.0 Å². The number of aromatic nitrogens is 2. The Bertz CT molecular complexity index is 988. The van der Waals surface area contributed by atoms with Gasteiger partial charge in [0.1, 0.15) is 24.4 Å². The molecule has 1 saturated carbocycles. The highest BCUT2D eigenvalue weighted by Crippen LogP contribution is 2.49. The van der Waals surface area contributed by atoms with E-state index in [-0.39, 0.29) is 24.1 Å². The summed E-state index contributed by atoms with van der Waals surface area (Å²) in [4.78, 5) is 10.8. The van der Waals surface area contributed by atoms with Crippen LogP contribution in [0.25, 0.3) is 11.3 Å². The SMILES string of the molecule is CN(CC#N)c1c(O[C@H]2CC[C@H](N)CC2)ccc2c1CC(C)(C)c1c(N)ncnc1-2. The third-order valence-electron chi connectivity index (χ3n) is 6.38. The first-order chi connectivity index (χ1) is 14.3. The number of rotatable bonds is 4. The lowest BCUT2D eigenvalue weighted by Gasteiger charge is -2.37. The van der Waals surface area contributed by atoms with Gasteiger partial charge in [0, 0.05) is 24.2 Å². The molecule has 158 valence electrons. The first-order valence-corrected chi connectivity index (χ1v) is 10.6. The molecule has 0 atom stereocenters. The molecule has 4 rings (SSSR count). The largest absolute Gasteiger partial charge is 0.488 e. The van der Waals surface area contributed by atoms with Gasteiger partial charge >= 0.3 is 0 Å². The molecule has 1 fully saturated rings. The Morgan fingerprint density at radius 3 is 2.67 bits per heavy atom. The van der Waals surface area contributed by atoms with Crippen LogP contribution in [-0.2, 0) is 11.8 Å². The van der Waals surface area contributed by atoms with Crippen molar-refractivity contribution >= 4 is 11.5 Å². The predicted molar refractivity (Wildman–Crippen MR) is 118 cm³/mol. The van der Waals surface area contributed by atoms with E-state index in [0.29, 0.717) is 5.82 Å². The summed E-state index contributed by atoms with van der Waals surface area (Å²) >= 11 is 0. The van der Waals surface area contributed by atoms with Crippen LogP contribution >= 0.6 is 0 Å². The molecule has 7 nitrogen and oxygen atoms in total. The van der Waals surface area contributed by atoms with E-state index in [1.165, 1.54) is 6.33 Å². The molecular formula is C23H30N6O. The summed E-state index contributed by atoms with van der Waals surface area (Å²) in [6, 6.07) is 6.62. The Balaban J connectivity index is 1.83. The number of fused-ring (bicyclic) bond motifs is 3. The first-order valence-electron chi connectivity index (χ1n) is 10.6. The van der Waals surface area contributed by atoms with Gasteiger partial charge in [-0.1, -0.05) is 13.8 Å². The summed E-state index contributed by atoms with van der Waals surface area (Å²) in [5.41, 5.74) is 17.1. The molecule has 2 aliphatic carbocycles. The Hall–Kier alpha value is -2.85. The number of nitrogens with two attached hydrogens (primary N) is 2. The maximum atomic E-state index is 9.36. The van der Waals surface area contributed by atoms with Crippen molar-refractivity contribution in [2.75, 3.05) is 24.2 Å². The third-order valence-corrected chi connectivity index (χ3v) is 6.38. The quantitative estimate of drug-likeness (QED) is 0.750. The lowest BCUT2D eigenvalue weighted by atomic mass is 9.71. The number of anilines is 2. The minimum Gasteiger partial charge on any atom is -0.488 e. The Labute approximate surface area is 178 Å². The standard InChI is InChI=1S/C23H30N6O/c1-23(2)12-17-16(20-19(23)22(26)28-13-27-20)8-9-18(21(17)29(3)11-10-24)30-15-6-4-14(25)5-7-15/h8-9,13-15H,4-7,11-12,25H2,1-3H3,(H2,26,27,28)/t14-,15-. The molecule has 0 aliphatic heterocycles. The van der Waals surface area contributed by atoms with Crippen LogP contribution in [0.3, 0.4) is 0 Å². The number of nitriles is 1. The van der Waals surface area contributed by atoms with Crippen molar-refractivity contribution in [2.24, 2.45) is 5.73 Å². The van der Waals surface area contributed by atoms with Crippen LogP contribution in [0, 0.1) is 11.3 Å². The molecule has 7 heteroatoms. The Morgan fingerprint density at radius 2 is 1.97 bits per heavy atom. The number of ether oxygens (including phenoxy) is 1. The van der Waals surface area contributed by atoms with Gasteiger partial charge in [0.2, 0.25) is 0 Å². The van der Waals surface area contributed by atoms with Crippen LogP contribution in [0.1, 0.15) is 50.7 Å². The lowest BCUT2D eigenvalue weighted by Crippen LogP contribution is -2.33. The van der Waals surface area contributed by atoms with Crippen LogP contribution in [0.2, 0.25) is 0 Å². The molecule has 0 saturated heterocycles. The van der Waals surface area contributed by atoms with E-state index >= 15 is 0 Å². The maximum Gasteiger partial charge on any atom is 0.143 e. The van der Waals surface area contributed by atoms with Crippen molar-refractivity contribution in [2.45, 2.75) is 63.5 Å². The van der Waals surface area contributed by atoms with Gasteiger partial charge in [-0.05, 0) is 55.2 Å². The monoisotopic (exact) mass is 406 g/mol. The van der Waals surface area contributed by atoms with Gasteiger partial charge in [-0.25, -0.2) is 9.97 Å². The molecule has 1 aromatic heterocycles. The maximum absolute atomic E-state index is 9.36. The number of hydrogen-bond acceptors (Lipinski definition) is 7. The Morgan fingerprint density at radius 1 is 1.23 bits per heavy atom. The first kappa shape index (κ1) is 20.4. The van der Waals surface area contributed by atoms with Gasteiger partial charge in [-0.3, -0.25) is 0 Å². The molecule has 2 aliphatic rings. The van der Waals surface area contributed by atoms with Gasteiger partial charge in [0.15, 0.2) is 0 Å². The van der Waals surface area contributed by atoms with E-state index < -0.39 is 0 Å². The van der Waals surface area contributed by atoms with Crippen LogP contribution in [0.4, 0.5) is 11.5 Å².